The van der Waals surface area contributed by atoms with Crippen LogP contribution in [0.3, 0.4) is 0 Å². The molecule has 0 unspecified atom stereocenters. The van der Waals surface area contributed by atoms with E-state index in [1.165, 1.54) is 37.3 Å². The highest BCUT2D eigenvalue weighted by Gasteiger charge is 2.33. The maximum atomic E-state index is 14.1. The molecule has 0 aliphatic heterocycles. The standard InChI is InChI=1S/C32H39N3O7S/c1-23(32(37)33-25-10-8-9-11-25)34(21-24-14-16-27(40-2)17-15-24)31(36)22-35(26-12-6-5-7-13-26)43(38,39)28-18-19-29(41-3)30(20-28)42-4/h5-7,12-20,23,25H,8-11,21-22H2,1-4H3,(H,33,37)/t23-/m0/s1. The third-order valence-electron chi connectivity index (χ3n) is 7.65. The molecule has 3 aromatic rings. The van der Waals surface area contributed by atoms with E-state index in [-0.39, 0.29) is 29.1 Å². The first-order valence-electron chi connectivity index (χ1n) is 14.2. The van der Waals surface area contributed by atoms with E-state index in [0.29, 0.717) is 17.2 Å². The molecule has 0 bridgehead atoms. The third-order valence-corrected chi connectivity index (χ3v) is 9.42. The Bertz CT molecular complexity index is 1490. The van der Waals surface area contributed by atoms with Crippen molar-refractivity contribution >= 4 is 27.5 Å². The highest BCUT2D eigenvalue weighted by molar-refractivity contribution is 7.92. The van der Waals surface area contributed by atoms with Crippen LogP contribution in [0.1, 0.15) is 38.2 Å². The number of nitrogens with one attached hydrogen (secondary N) is 1. The predicted molar refractivity (Wildman–Crippen MR) is 164 cm³/mol. The van der Waals surface area contributed by atoms with Crippen molar-refractivity contribution in [1.82, 2.24) is 10.2 Å². The maximum Gasteiger partial charge on any atom is 0.264 e. The molecule has 1 atom stereocenters. The van der Waals surface area contributed by atoms with E-state index in [0.717, 1.165) is 35.6 Å². The number of rotatable bonds is 13. The number of carbonyl (C=O) groups is 2. The van der Waals surface area contributed by atoms with Crippen LogP contribution in [0.5, 0.6) is 17.2 Å². The Morgan fingerprint density at radius 2 is 1.53 bits per heavy atom. The lowest BCUT2D eigenvalue weighted by atomic mass is 10.1. The first-order chi connectivity index (χ1) is 20.7. The van der Waals surface area contributed by atoms with Crippen LogP contribution in [0.4, 0.5) is 5.69 Å². The van der Waals surface area contributed by atoms with Crippen LogP contribution in [0, 0.1) is 0 Å². The molecule has 230 valence electrons. The number of amides is 2. The lowest BCUT2D eigenvalue weighted by Crippen LogP contribution is -2.52. The molecule has 3 aromatic carbocycles. The third kappa shape index (κ3) is 7.59. The number of benzene rings is 3. The van der Waals surface area contributed by atoms with Gasteiger partial charge in [0.25, 0.3) is 10.0 Å². The summed E-state index contributed by atoms with van der Waals surface area (Å²) in [6, 6.07) is 19.1. The van der Waals surface area contributed by atoms with E-state index in [4.69, 9.17) is 14.2 Å². The van der Waals surface area contributed by atoms with Gasteiger partial charge in [-0.3, -0.25) is 13.9 Å². The Hall–Kier alpha value is -4.25. The first kappa shape index (κ1) is 31.7. The molecule has 2 amide bonds. The number of anilines is 1. The van der Waals surface area contributed by atoms with Gasteiger partial charge in [0.05, 0.1) is 31.9 Å². The van der Waals surface area contributed by atoms with Gasteiger partial charge in [-0.2, -0.15) is 0 Å². The van der Waals surface area contributed by atoms with Crippen LogP contribution < -0.4 is 23.8 Å². The van der Waals surface area contributed by atoms with Gasteiger partial charge in [-0.25, -0.2) is 8.42 Å². The molecule has 11 heteroatoms. The van der Waals surface area contributed by atoms with Gasteiger partial charge < -0.3 is 24.4 Å². The second-order valence-electron chi connectivity index (χ2n) is 10.4. The number of para-hydroxylation sites is 1. The second-order valence-corrected chi connectivity index (χ2v) is 12.3. The summed E-state index contributed by atoms with van der Waals surface area (Å²) in [6.45, 7) is 1.24. The number of sulfonamides is 1. The molecule has 4 rings (SSSR count). The van der Waals surface area contributed by atoms with Crippen molar-refractivity contribution in [2.24, 2.45) is 0 Å². The van der Waals surface area contributed by atoms with Crippen LogP contribution in [0.15, 0.2) is 77.7 Å². The molecule has 1 saturated carbocycles. The summed E-state index contributed by atoms with van der Waals surface area (Å²) < 4.78 is 45.1. The van der Waals surface area contributed by atoms with Gasteiger partial charge in [0.15, 0.2) is 11.5 Å². The maximum absolute atomic E-state index is 14.1. The molecule has 0 saturated heterocycles. The van der Waals surface area contributed by atoms with E-state index < -0.39 is 28.5 Å². The molecule has 1 N–H and O–H groups in total. The minimum absolute atomic E-state index is 0.0686. The van der Waals surface area contributed by atoms with Crippen molar-refractivity contribution in [3.8, 4) is 17.2 Å². The zero-order valence-corrected chi connectivity index (χ0v) is 25.8. The van der Waals surface area contributed by atoms with Gasteiger partial charge >= 0.3 is 0 Å². The summed E-state index contributed by atoms with van der Waals surface area (Å²) in [5, 5.41) is 3.07. The fraction of sp³-hybridized carbons (Fsp3) is 0.375. The van der Waals surface area contributed by atoms with Crippen LogP contribution in [0.25, 0.3) is 0 Å². The molecule has 0 spiro atoms. The van der Waals surface area contributed by atoms with Crippen molar-refractivity contribution in [2.45, 2.75) is 56.1 Å². The Labute approximate surface area is 253 Å². The fourth-order valence-electron chi connectivity index (χ4n) is 5.13. The minimum atomic E-state index is -4.25. The summed E-state index contributed by atoms with van der Waals surface area (Å²) in [5.41, 5.74) is 1.07. The van der Waals surface area contributed by atoms with E-state index in [1.54, 1.807) is 56.5 Å². The Morgan fingerprint density at radius 3 is 2.14 bits per heavy atom. The number of methoxy groups -OCH3 is 3. The lowest BCUT2D eigenvalue weighted by molar-refractivity contribution is -0.139. The fourth-order valence-corrected chi connectivity index (χ4v) is 6.56. The van der Waals surface area contributed by atoms with Crippen molar-refractivity contribution in [2.75, 3.05) is 32.2 Å². The molecular formula is C32H39N3O7S. The molecule has 0 aromatic heterocycles. The molecule has 1 aliphatic rings. The van der Waals surface area contributed by atoms with Gasteiger partial charge in [-0.05, 0) is 61.7 Å². The van der Waals surface area contributed by atoms with Crippen molar-refractivity contribution in [3.63, 3.8) is 0 Å². The Kier molecular flexibility index (Phi) is 10.5. The first-order valence-corrected chi connectivity index (χ1v) is 15.6. The number of carbonyl (C=O) groups excluding carboxylic acids is 2. The minimum Gasteiger partial charge on any atom is -0.497 e. The largest absolute Gasteiger partial charge is 0.497 e. The lowest BCUT2D eigenvalue weighted by Gasteiger charge is -2.32. The van der Waals surface area contributed by atoms with Crippen LogP contribution in [0.2, 0.25) is 0 Å². The van der Waals surface area contributed by atoms with Gasteiger partial charge in [-0.1, -0.05) is 43.2 Å². The summed E-state index contributed by atoms with van der Waals surface area (Å²) in [4.78, 5) is 28.8. The molecule has 0 heterocycles. The molecule has 1 fully saturated rings. The zero-order chi connectivity index (χ0) is 31.0. The van der Waals surface area contributed by atoms with Crippen LogP contribution in [-0.2, 0) is 26.2 Å². The molecular weight excluding hydrogens is 570 g/mol. The average molecular weight is 610 g/mol. The Balaban J connectivity index is 1.69. The summed E-state index contributed by atoms with van der Waals surface area (Å²) in [5.74, 6) is 0.461. The van der Waals surface area contributed by atoms with Crippen LogP contribution in [-0.4, -0.2) is 65.1 Å². The van der Waals surface area contributed by atoms with Gasteiger partial charge in [0.2, 0.25) is 11.8 Å². The second kappa shape index (κ2) is 14.3. The summed E-state index contributed by atoms with van der Waals surface area (Å²) in [7, 11) is 0.192. The number of ether oxygens (including phenoxy) is 3. The topological polar surface area (TPSA) is 114 Å². The quantitative estimate of drug-likeness (QED) is 0.306. The number of hydrogen-bond acceptors (Lipinski definition) is 7. The number of hydrogen-bond donors (Lipinski definition) is 1. The van der Waals surface area contributed by atoms with E-state index in [1.807, 2.05) is 12.1 Å². The molecule has 1 aliphatic carbocycles. The summed E-state index contributed by atoms with van der Waals surface area (Å²) in [6.07, 6.45) is 3.90. The van der Waals surface area contributed by atoms with Crippen LogP contribution >= 0.6 is 0 Å². The highest BCUT2D eigenvalue weighted by atomic mass is 32.2. The monoisotopic (exact) mass is 609 g/mol. The predicted octanol–water partition coefficient (Wildman–Crippen LogP) is 4.38. The molecule has 43 heavy (non-hydrogen) atoms. The molecule has 10 nitrogen and oxygen atoms in total. The molecule has 0 radical (unpaired) electrons. The van der Waals surface area contributed by atoms with E-state index in [9.17, 15) is 18.0 Å². The van der Waals surface area contributed by atoms with Gasteiger partial charge in [-0.15, -0.1) is 0 Å². The summed E-state index contributed by atoms with van der Waals surface area (Å²) >= 11 is 0. The van der Waals surface area contributed by atoms with Gasteiger partial charge in [0.1, 0.15) is 18.3 Å². The van der Waals surface area contributed by atoms with E-state index in [2.05, 4.69) is 5.32 Å². The average Bonchev–Trinajstić information content (AvgIpc) is 3.55. The zero-order valence-electron chi connectivity index (χ0n) is 25.0. The van der Waals surface area contributed by atoms with E-state index >= 15 is 0 Å². The normalized spacial score (nSPS) is 14.0. The van der Waals surface area contributed by atoms with Crippen molar-refractivity contribution in [1.29, 1.82) is 0 Å². The van der Waals surface area contributed by atoms with Crippen molar-refractivity contribution in [3.05, 3.63) is 78.4 Å². The van der Waals surface area contributed by atoms with Gasteiger partial charge in [0, 0.05) is 18.7 Å². The Morgan fingerprint density at radius 1 is 0.884 bits per heavy atom. The highest BCUT2D eigenvalue weighted by Crippen LogP contribution is 2.32. The smallest absolute Gasteiger partial charge is 0.264 e. The van der Waals surface area contributed by atoms with Crippen molar-refractivity contribution < 1.29 is 32.2 Å². The SMILES string of the molecule is COc1ccc(CN(C(=O)CN(c2ccccc2)S(=O)(=O)c2ccc(OC)c(OC)c2)[C@@H](C)C(=O)NC2CCCC2)cc1. The number of nitrogens with zero attached hydrogens (tertiary/aromatic N) is 2.